The summed E-state index contributed by atoms with van der Waals surface area (Å²) < 4.78 is 5.78. The molecule has 0 saturated heterocycles. The average molecular weight is 373 g/mol. The summed E-state index contributed by atoms with van der Waals surface area (Å²) >= 11 is 0. The van der Waals surface area contributed by atoms with Crippen molar-refractivity contribution in [3.8, 4) is 11.5 Å². The highest BCUT2D eigenvalue weighted by atomic mass is 16.5. The molecule has 0 saturated carbocycles. The van der Waals surface area contributed by atoms with E-state index in [0.717, 1.165) is 10.5 Å². The van der Waals surface area contributed by atoms with Crippen LogP contribution in [0.5, 0.6) is 11.5 Å². The highest BCUT2D eigenvalue weighted by Crippen LogP contribution is 2.32. The first kappa shape index (κ1) is 17.5. The Hall–Kier alpha value is -3.93. The van der Waals surface area contributed by atoms with Gasteiger partial charge in [-0.15, -0.1) is 0 Å². The third kappa shape index (κ3) is 3.01. The van der Waals surface area contributed by atoms with Crippen LogP contribution in [0.4, 0.5) is 5.69 Å². The van der Waals surface area contributed by atoms with E-state index in [1.165, 1.54) is 24.3 Å². The minimum Gasteiger partial charge on any atom is -0.478 e. The molecule has 1 aliphatic rings. The number of rotatable bonds is 4. The Morgan fingerprint density at radius 3 is 2.07 bits per heavy atom. The van der Waals surface area contributed by atoms with E-state index in [9.17, 15) is 14.4 Å². The van der Waals surface area contributed by atoms with Gasteiger partial charge in [0.05, 0.1) is 22.4 Å². The lowest BCUT2D eigenvalue weighted by atomic mass is 10.1. The Morgan fingerprint density at radius 1 is 0.821 bits per heavy atom. The van der Waals surface area contributed by atoms with Gasteiger partial charge < -0.3 is 9.84 Å². The van der Waals surface area contributed by atoms with Gasteiger partial charge in [-0.05, 0) is 61.5 Å². The van der Waals surface area contributed by atoms with E-state index >= 15 is 0 Å². The van der Waals surface area contributed by atoms with Crippen LogP contribution in [0.15, 0.2) is 66.7 Å². The number of aryl methyl sites for hydroxylation is 1. The van der Waals surface area contributed by atoms with Crippen LogP contribution < -0.4 is 9.64 Å². The zero-order valence-corrected chi connectivity index (χ0v) is 14.9. The fourth-order valence-electron chi connectivity index (χ4n) is 3.01. The van der Waals surface area contributed by atoms with Crippen molar-refractivity contribution in [2.45, 2.75) is 6.92 Å². The van der Waals surface area contributed by atoms with Crippen LogP contribution in [-0.2, 0) is 0 Å². The Morgan fingerprint density at radius 2 is 1.43 bits per heavy atom. The number of carboxylic acids is 1. The number of imide groups is 1. The number of nitrogens with zero attached hydrogens (tertiary/aromatic N) is 1. The fourth-order valence-corrected chi connectivity index (χ4v) is 3.01. The maximum atomic E-state index is 12.8. The van der Waals surface area contributed by atoms with Gasteiger partial charge in [0.1, 0.15) is 11.5 Å². The molecule has 3 aromatic carbocycles. The topological polar surface area (TPSA) is 83.9 Å². The lowest BCUT2D eigenvalue weighted by Gasteiger charge is -2.13. The Bertz CT molecular complexity index is 1100. The number of carbonyl (C=O) groups excluding carboxylic acids is 2. The minimum atomic E-state index is -1.08. The largest absolute Gasteiger partial charge is 0.478 e. The van der Waals surface area contributed by atoms with Crippen molar-refractivity contribution in [1.82, 2.24) is 0 Å². The molecule has 1 aliphatic heterocycles. The zero-order valence-electron chi connectivity index (χ0n) is 14.9. The van der Waals surface area contributed by atoms with Gasteiger partial charge in [-0.25, -0.2) is 9.69 Å². The number of benzene rings is 3. The van der Waals surface area contributed by atoms with Crippen LogP contribution in [0.1, 0.15) is 36.6 Å². The molecule has 0 fully saturated rings. The summed E-state index contributed by atoms with van der Waals surface area (Å²) in [6.45, 7) is 1.97. The summed E-state index contributed by atoms with van der Waals surface area (Å²) in [5.41, 5.74) is 2.03. The summed E-state index contributed by atoms with van der Waals surface area (Å²) in [6, 6.07) is 17.8. The summed E-state index contributed by atoms with van der Waals surface area (Å²) in [6.07, 6.45) is 0. The van der Waals surface area contributed by atoms with Crippen molar-refractivity contribution in [2.75, 3.05) is 4.90 Å². The third-order valence-corrected chi connectivity index (χ3v) is 4.49. The van der Waals surface area contributed by atoms with Gasteiger partial charge in [0.2, 0.25) is 0 Å². The molecule has 0 radical (unpaired) electrons. The van der Waals surface area contributed by atoms with Gasteiger partial charge in [-0.1, -0.05) is 17.7 Å². The van der Waals surface area contributed by atoms with Gasteiger partial charge >= 0.3 is 5.97 Å². The molecule has 0 aliphatic carbocycles. The molecule has 4 rings (SSSR count). The maximum Gasteiger partial charge on any atom is 0.335 e. The van der Waals surface area contributed by atoms with E-state index in [4.69, 9.17) is 9.84 Å². The van der Waals surface area contributed by atoms with Gasteiger partial charge in [0, 0.05) is 0 Å². The predicted molar refractivity (Wildman–Crippen MR) is 102 cm³/mol. The van der Waals surface area contributed by atoms with Gasteiger partial charge in [-0.2, -0.15) is 0 Å². The van der Waals surface area contributed by atoms with Crippen LogP contribution in [-0.4, -0.2) is 22.9 Å². The molecule has 2 amide bonds. The Labute approximate surface area is 160 Å². The van der Waals surface area contributed by atoms with Crippen LogP contribution >= 0.6 is 0 Å². The monoisotopic (exact) mass is 373 g/mol. The van der Waals surface area contributed by atoms with E-state index in [1.807, 2.05) is 31.2 Å². The van der Waals surface area contributed by atoms with Gasteiger partial charge in [0.25, 0.3) is 11.8 Å². The summed E-state index contributed by atoms with van der Waals surface area (Å²) in [7, 11) is 0. The van der Waals surface area contributed by atoms with E-state index in [1.54, 1.807) is 18.2 Å². The summed E-state index contributed by atoms with van der Waals surface area (Å²) in [5.74, 6) is -0.926. The van der Waals surface area contributed by atoms with Crippen LogP contribution in [0.3, 0.4) is 0 Å². The van der Waals surface area contributed by atoms with Crippen molar-refractivity contribution in [3.63, 3.8) is 0 Å². The molecule has 0 bridgehead atoms. The van der Waals surface area contributed by atoms with E-state index in [0.29, 0.717) is 17.2 Å². The van der Waals surface area contributed by atoms with Gasteiger partial charge in [0.15, 0.2) is 0 Å². The SMILES string of the molecule is Cc1ccc(Oc2ccc3c(c2)C(=O)N(c2ccc(C(=O)O)cc2)C3=O)cc1. The quantitative estimate of drug-likeness (QED) is 0.690. The number of fused-ring (bicyclic) bond motifs is 1. The molecule has 0 spiro atoms. The smallest absolute Gasteiger partial charge is 0.335 e. The molecular weight excluding hydrogens is 358 g/mol. The van der Waals surface area contributed by atoms with Crippen molar-refractivity contribution in [3.05, 3.63) is 89.0 Å². The number of ether oxygens (including phenoxy) is 1. The second-order valence-corrected chi connectivity index (χ2v) is 6.42. The first-order chi connectivity index (χ1) is 13.4. The van der Waals surface area contributed by atoms with Crippen molar-refractivity contribution < 1.29 is 24.2 Å². The van der Waals surface area contributed by atoms with Crippen molar-refractivity contribution in [1.29, 1.82) is 0 Å². The Balaban J connectivity index is 1.63. The highest BCUT2D eigenvalue weighted by Gasteiger charge is 2.37. The molecule has 1 N–H and O–H groups in total. The number of hydrogen-bond acceptors (Lipinski definition) is 4. The lowest BCUT2D eigenvalue weighted by Crippen LogP contribution is -2.29. The van der Waals surface area contributed by atoms with Crippen molar-refractivity contribution in [2.24, 2.45) is 0 Å². The third-order valence-electron chi connectivity index (χ3n) is 4.49. The number of anilines is 1. The molecule has 3 aromatic rings. The predicted octanol–water partition coefficient (Wildman–Crippen LogP) is 4.29. The first-order valence-corrected chi connectivity index (χ1v) is 8.55. The fraction of sp³-hybridized carbons (Fsp3) is 0.0455. The van der Waals surface area contributed by atoms with Crippen LogP contribution in [0, 0.1) is 6.92 Å². The average Bonchev–Trinajstić information content (AvgIpc) is 2.94. The molecule has 0 unspecified atom stereocenters. The lowest BCUT2D eigenvalue weighted by molar-refractivity contribution is 0.0696. The van der Waals surface area contributed by atoms with Gasteiger partial charge in [-0.3, -0.25) is 9.59 Å². The molecule has 6 heteroatoms. The normalized spacial score (nSPS) is 12.8. The van der Waals surface area contributed by atoms with Crippen LogP contribution in [0.25, 0.3) is 0 Å². The molecule has 6 nitrogen and oxygen atoms in total. The number of carbonyl (C=O) groups is 3. The van der Waals surface area contributed by atoms with Crippen molar-refractivity contribution >= 4 is 23.5 Å². The minimum absolute atomic E-state index is 0.0779. The zero-order chi connectivity index (χ0) is 19.8. The second kappa shape index (κ2) is 6.66. The maximum absolute atomic E-state index is 12.8. The first-order valence-electron chi connectivity index (χ1n) is 8.55. The number of carboxylic acid groups (broad SMARTS) is 1. The molecule has 0 atom stereocenters. The van der Waals surface area contributed by atoms with Crippen LogP contribution in [0.2, 0.25) is 0 Å². The van der Waals surface area contributed by atoms with E-state index in [2.05, 4.69) is 0 Å². The van der Waals surface area contributed by atoms with E-state index < -0.39 is 17.8 Å². The molecule has 0 aromatic heterocycles. The number of amides is 2. The molecular formula is C22H15NO5. The highest BCUT2D eigenvalue weighted by molar-refractivity contribution is 6.34. The number of hydrogen-bond donors (Lipinski definition) is 1. The Kier molecular flexibility index (Phi) is 4.16. The summed E-state index contributed by atoms with van der Waals surface area (Å²) in [5, 5.41) is 8.99. The molecule has 28 heavy (non-hydrogen) atoms. The molecule has 138 valence electrons. The second-order valence-electron chi connectivity index (χ2n) is 6.42. The molecule has 1 heterocycles. The van der Waals surface area contributed by atoms with E-state index in [-0.39, 0.29) is 16.7 Å². The standard InChI is InChI=1S/C22H15NO5/c1-13-2-8-16(9-3-13)28-17-10-11-18-19(12-17)21(25)23(20(18)24)15-6-4-14(5-7-15)22(26)27/h2-12H,1H3,(H,26,27). The summed E-state index contributed by atoms with van der Waals surface area (Å²) in [4.78, 5) is 37.5. The number of aromatic carboxylic acids is 1.